The number of hydrogen-bond donors (Lipinski definition) is 1. The summed E-state index contributed by atoms with van der Waals surface area (Å²) in [7, 11) is 0. The van der Waals surface area contributed by atoms with Gasteiger partial charge in [-0.2, -0.15) is 0 Å². The Morgan fingerprint density at radius 3 is 2.73 bits per heavy atom. The standard InChI is InChI=1S/C21H19ClFN5O4S/c1-3-10-27-19(12-32-16-7-4-14(23)5-8-16)25-26-21(27)33-13(2)20(29)24-18-9-6-15(28(30)31)11-17(18)22/h3-9,11,13H,1,10,12H2,2H3,(H,24,29). The number of carbonyl (C=O) groups is 1. The quantitative estimate of drug-likeness (QED) is 0.186. The minimum absolute atomic E-state index is 0.0600. The molecule has 9 nitrogen and oxygen atoms in total. The Kier molecular flexibility index (Phi) is 8.01. The Morgan fingerprint density at radius 2 is 2.09 bits per heavy atom. The zero-order valence-corrected chi connectivity index (χ0v) is 19.0. The van der Waals surface area contributed by atoms with Crippen LogP contribution in [0.5, 0.6) is 5.75 Å². The average molecular weight is 492 g/mol. The number of benzene rings is 2. The molecule has 2 aromatic carbocycles. The molecule has 1 N–H and O–H groups in total. The van der Waals surface area contributed by atoms with Crippen LogP contribution in [0.4, 0.5) is 15.8 Å². The smallest absolute Gasteiger partial charge is 0.271 e. The second-order valence-corrected chi connectivity index (χ2v) is 8.43. The first-order chi connectivity index (χ1) is 15.8. The van der Waals surface area contributed by atoms with E-state index in [0.29, 0.717) is 23.3 Å². The summed E-state index contributed by atoms with van der Waals surface area (Å²) < 4.78 is 20.4. The van der Waals surface area contributed by atoms with E-state index < -0.39 is 10.2 Å². The number of halogens is 2. The van der Waals surface area contributed by atoms with Crippen LogP contribution in [0.3, 0.4) is 0 Å². The van der Waals surface area contributed by atoms with Crippen molar-refractivity contribution in [2.75, 3.05) is 5.32 Å². The minimum Gasteiger partial charge on any atom is -0.486 e. The zero-order chi connectivity index (χ0) is 24.0. The number of nitrogens with one attached hydrogen (secondary N) is 1. The van der Waals surface area contributed by atoms with Gasteiger partial charge in [0.2, 0.25) is 5.91 Å². The summed E-state index contributed by atoms with van der Waals surface area (Å²) in [5, 5.41) is 21.7. The molecule has 0 saturated carbocycles. The Balaban J connectivity index is 1.67. The number of ether oxygens (including phenoxy) is 1. The van der Waals surface area contributed by atoms with Gasteiger partial charge in [0.05, 0.1) is 20.9 Å². The summed E-state index contributed by atoms with van der Waals surface area (Å²) in [4.78, 5) is 22.9. The van der Waals surface area contributed by atoms with Crippen LogP contribution in [0, 0.1) is 15.9 Å². The molecule has 1 heterocycles. The lowest BCUT2D eigenvalue weighted by molar-refractivity contribution is -0.384. The van der Waals surface area contributed by atoms with E-state index in [1.54, 1.807) is 17.6 Å². The van der Waals surface area contributed by atoms with Crippen molar-refractivity contribution in [3.05, 3.63) is 81.9 Å². The van der Waals surface area contributed by atoms with Gasteiger partial charge in [0.25, 0.3) is 5.69 Å². The third-order valence-corrected chi connectivity index (χ3v) is 5.75. The highest BCUT2D eigenvalue weighted by Gasteiger charge is 2.21. The Hall–Kier alpha value is -3.44. The third-order valence-electron chi connectivity index (χ3n) is 4.36. The summed E-state index contributed by atoms with van der Waals surface area (Å²) in [6, 6.07) is 9.41. The van der Waals surface area contributed by atoms with Crippen molar-refractivity contribution in [3.63, 3.8) is 0 Å². The average Bonchev–Trinajstić information content (AvgIpc) is 3.16. The lowest BCUT2D eigenvalue weighted by Crippen LogP contribution is -2.23. The van der Waals surface area contributed by atoms with Gasteiger partial charge in [0.1, 0.15) is 18.2 Å². The maximum absolute atomic E-state index is 13.1. The van der Waals surface area contributed by atoms with Gasteiger partial charge in [-0.3, -0.25) is 19.5 Å². The van der Waals surface area contributed by atoms with Crippen molar-refractivity contribution in [2.24, 2.45) is 0 Å². The van der Waals surface area contributed by atoms with Crippen LogP contribution >= 0.6 is 23.4 Å². The molecule has 0 saturated heterocycles. The van der Waals surface area contributed by atoms with E-state index in [9.17, 15) is 19.3 Å². The lowest BCUT2D eigenvalue weighted by atomic mass is 10.2. The molecule has 1 amide bonds. The number of aromatic nitrogens is 3. The highest BCUT2D eigenvalue weighted by atomic mass is 35.5. The number of non-ortho nitro benzene ring substituents is 1. The van der Waals surface area contributed by atoms with Gasteiger partial charge in [-0.15, -0.1) is 16.8 Å². The van der Waals surface area contributed by atoms with Crippen molar-refractivity contribution in [1.82, 2.24) is 14.8 Å². The molecule has 0 aliphatic heterocycles. The molecule has 3 rings (SSSR count). The second kappa shape index (κ2) is 10.9. The maximum Gasteiger partial charge on any atom is 0.271 e. The molecular weight excluding hydrogens is 473 g/mol. The van der Waals surface area contributed by atoms with Crippen LogP contribution in [-0.2, 0) is 17.9 Å². The fourth-order valence-corrected chi connectivity index (χ4v) is 3.77. The molecule has 172 valence electrons. The van der Waals surface area contributed by atoms with Crippen molar-refractivity contribution in [1.29, 1.82) is 0 Å². The zero-order valence-electron chi connectivity index (χ0n) is 17.4. The normalized spacial score (nSPS) is 11.6. The SMILES string of the molecule is C=CCn1c(COc2ccc(F)cc2)nnc1SC(C)C(=O)Nc1ccc([N+](=O)[O-])cc1Cl. The Bertz CT molecular complexity index is 1170. The van der Waals surface area contributed by atoms with Gasteiger partial charge in [-0.1, -0.05) is 29.4 Å². The number of nitro groups is 1. The van der Waals surface area contributed by atoms with Crippen molar-refractivity contribution < 1.29 is 18.8 Å². The van der Waals surface area contributed by atoms with Gasteiger partial charge in [-0.25, -0.2) is 4.39 Å². The van der Waals surface area contributed by atoms with Crippen molar-refractivity contribution >= 4 is 40.6 Å². The van der Waals surface area contributed by atoms with Gasteiger partial charge >= 0.3 is 0 Å². The van der Waals surface area contributed by atoms with Gasteiger partial charge in [0, 0.05) is 18.7 Å². The van der Waals surface area contributed by atoms with Gasteiger partial charge in [0.15, 0.2) is 11.0 Å². The number of rotatable bonds is 10. The number of hydrogen-bond acceptors (Lipinski definition) is 7. The molecule has 33 heavy (non-hydrogen) atoms. The number of nitro benzene ring substituents is 1. The number of thioether (sulfide) groups is 1. The molecule has 1 aromatic heterocycles. The summed E-state index contributed by atoms with van der Waals surface area (Å²) in [6.07, 6.45) is 1.66. The predicted octanol–water partition coefficient (Wildman–Crippen LogP) is 4.86. The molecule has 0 bridgehead atoms. The van der Waals surface area contributed by atoms with E-state index in [0.717, 1.165) is 0 Å². The molecule has 3 aromatic rings. The third kappa shape index (κ3) is 6.30. The van der Waals surface area contributed by atoms with Crippen LogP contribution < -0.4 is 10.1 Å². The van der Waals surface area contributed by atoms with Crippen LogP contribution in [0.25, 0.3) is 0 Å². The van der Waals surface area contributed by atoms with Crippen LogP contribution in [0.2, 0.25) is 5.02 Å². The molecule has 0 radical (unpaired) electrons. The number of carbonyl (C=O) groups excluding carboxylic acids is 1. The first kappa shape index (κ1) is 24.2. The maximum atomic E-state index is 13.1. The molecule has 0 fully saturated rings. The van der Waals surface area contributed by atoms with E-state index in [1.165, 1.54) is 54.2 Å². The van der Waals surface area contributed by atoms with Gasteiger partial charge < -0.3 is 10.1 Å². The van der Waals surface area contributed by atoms with Crippen LogP contribution in [-0.4, -0.2) is 30.8 Å². The molecular formula is C21H19ClFN5O4S. The van der Waals surface area contributed by atoms with Crippen LogP contribution in [0.15, 0.2) is 60.3 Å². The topological polar surface area (TPSA) is 112 Å². The molecule has 0 aliphatic rings. The van der Waals surface area contributed by atoms with E-state index >= 15 is 0 Å². The molecule has 0 spiro atoms. The van der Waals surface area contributed by atoms with Crippen molar-refractivity contribution in [2.45, 2.75) is 30.5 Å². The first-order valence-electron chi connectivity index (χ1n) is 9.61. The number of amides is 1. The highest BCUT2D eigenvalue weighted by Crippen LogP contribution is 2.29. The summed E-state index contributed by atoms with van der Waals surface area (Å²) in [5.41, 5.74) is 0.0917. The van der Waals surface area contributed by atoms with E-state index in [-0.39, 0.29) is 34.7 Å². The highest BCUT2D eigenvalue weighted by molar-refractivity contribution is 8.00. The second-order valence-electron chi connectivity index (χ2n) is 6.71. The van der Waals surface area contributed by atoms with E-state index in [4.69, 9.17) is 16.3 Å². The Morgan fingerprint density at radius 1 is 1.36 bits per heavy atom. The number of nitrogens with zero attached hydrogens (tertiary/aromatic N) is 4. The molecule has 12 heteroatoms. The predicted molar refractivity (Wildman–Crippen MR) is 123 cm³/mol. The van der Waals surface area contributed by atoms with Crippen LogP contribution in [0.1, 0.15) is 12.7 Å². The van der Waals surface area contributed by atoms with Gasteiger partial charge in [-0.05, 0) is 37.3 Å². The molecule has 1 atom stereocenters. The fourth-order valence-electron chi connectivity index (χ4n) is 2.67. The van der Waals surface area contributed by atoms with E-state index in [1.807, 2.05) is 0 Å². The fraction of sp³-hybridized carbons (Fsp3) is 0.190. The summed E-state index contributed by atoms with van der Waals surface area (Å²) in [6.45, 7) is 5.89. The largest absolute Gasteiger partial charge is 0.486 e. The number of allylic oxidation sites excluding steroid dienone is 1. The van der Waals surface area contributed by atoms with Crippen molar-refractivity contribution in [3.8, 4) is 5.75 Å². The number of anilines is 1. The van der Waals surface area contributed by atoms with E-state index in [2.05, 4.69) is 22.1 Å². The first-order valence-corrected chi connectivity index (χ1v) is 10.9. The minimum atomic E-state index is -0.588. The Labute approximate surface area is 197 Å². The summed E-state index contributed by atoms with van der Waals surface area (Å²) >= 11 is 7.22. The lowest BCUT2D eigenvalue weighted by Gasteiger charge is -2.14. The molecule has 0 aliphatic carbocycles. The monoisotopic (exact) mass is 491 g/mol. The summed E-state index contributed by atoms with van der Waals surface area (Å²) in [5.74, 6) is 0.255. The molecule has 1 unspecified atom stereocenters.